The van der Waals surface area contributed by atoms with Gasteiger partial charge in [0.05, 0.1) is 33.1 Å². The molecule has 0 aliphatic heterocycles. The van der Waals surface area contributed by atoms with E-state index in [4.69, 9.17) is 8.83 Å². The molecule has 0 spiro atoms. The Morgan fingerprint density at radius 2 is 0.593 bits per heavy atom. The number of nitrogens with zero attached hydrogens (tertiary/aromatic N) is 4. The van der Waals surface area contributed by atoms with E-state index >= 15 is 0 Å². The summed E-state index contributed by atoms with van der Waals surface area (Å²) in [5, 5.41) is 18.9. The summed E-state index contributed by atoms with van der Waals surface area (Å²) in [6.07, 6.45) is 0. The molecular formula is C80H54N4O2. The summed E-state index contributed by atoms with van der Waals surface area (Å²) in [6, 6.07) is 90.1. The van der Waals surface area contributed by atoms with Crippen molar-refractivity contribution in [3.8, 4) is 0 Å². The van der Waals surface area contributed by atoms with Crippen LogP contribution < -0.4 is 9.80 Å². The Morgan fingerprint density at radius 1 is 0.256 bits per heavy atom. The van der Waals surface area contributed by atoms with Gasteiger partial charge in [0, 0.05) is 98.8 Å². The molecule has 19 rings (SSSR count). The Labute approximate surface area is 493 Å². The first-order valence-corrected chi connectivity index (χ1v) is 30.1. The van der Waals surface area contributed by atoms with Gasteiger partial charge < -0.3 is 27.4 Å². The maximum absolute atomic E-state index is 6.87. The first-order valence-electron chi connectivity index (χ1n) is 30.1. The maximum atomic E-state index is 6.87. The molecular weight excluding hydrogens is 1050 g/mol. The summed E-state index contributed by atoms with van der Waals surface area (Å²) in [5.74, 6) is 0.858. The minimum absolute atomic E-state index is 0.429. The van der Waals surface area contributed by atoms with E-state index in [1.165, 1.54) is 87.3 Å². The van der Waals surface area contributed by atoms with E-state index in [1.54, 1.807) is 0 Å². The van der Waals surface area contributed by atoms with E-state index in [2.05, 4.69) is 289 Å². The topological polar surface area (TPSA) is 41.6 Å². The zero-order valence-corrected chi connectivity index (χ0v) is 47.9. The molecule has 0 saturated carbocycles. The third-order valence-corrected chi connectivity index (χ3v) is 19.0. The lowest BCUT2D eigenvalue weighted by Gasteiger charge is -2.26. The Bertz CT molecular complexity index is 5660. The molecule has 0 aliphatic carbocycles. The van der Waals surface area contributed by atoms with Crippen LogP contribution in [0.4, 0.5) is 34.1 Å². The summed E-state index contributed by atoms with van der Waals surface area (Å²) in [4.78, 5) is 4.80. The molecule has 0 saturated heterocycles. The Balaban J connectivity index is 0.707. The molecule has 0 aliphatic rings. The third-order valence-electron chi connectivity index (χ3n) is 19.0. The van der Waals surface area contributed by atoms with Crippen molar-refractivity contribution in [1.82, 2.24) is 8.80 Å². The van der Waals surface area contributed by atoms with Gasteiger partial charge in [0.25, 0.3) is 0 Å². The van der Waals surface area contributed by atoms with Crippen LogP contribution in [0, 0.1) is 0 Å². The molecule has 86 heavy (non-hydrogen) atoms. The van der Waals surface area contributed by atoms with Gasteiger partial charge in [-0.1, -0.05) is 137 Å². The van der Waals surface area contributed by atoms with Crippen LogP contribution in [0.3, 0.4) is 0 Å². The lowest BCUT2D eigenvalue weighted by Crippen LogP contribution is -2.10. The van der Waals surface area contributed by atoms with E-state index in [1.807, 2.05) is 0 Å². The fourth-order valence-electron chi connectivity index (χ4n) is 14.8. The number of benzene rings is 13. The second kappa shape index (κ2) is 17.4. The lowest BCUT2D eigenvalue weighted by atomic mass is 10.0. The van der Waals surface area contributed by atoms with Crippen LogP contribution in [0.2, 0.25) is 0 Å². The van der Waals surface area contributed by atoms with Gasteiger partial charge in [-0.15, -0.1) is 0 Å². The van der Waals surface area contributed by atoms with Gasteiger partial charge >= 0.3 is 0 Å². The zero-order chi connectivity index (χ0) is 56.8. The fourth-order valence-corrected chi connectivity index (χ4v) is 14.8. The van der Waals surface area contributed by atoms with Gasteiger partial charge in [0.2, 0.25) is 0 Å². The highest BCUT2D eigenvalue weighted by Crippen LogP contribution is 2.47. The first-order chi connectivity index (χ1) is 42.2. The summed E-state index contributed by atoms with van der Waals surface area (Å²) >= 11 is 0. The second-order valence-corrected chi connectivity index (χ2v) is 24.5. The van der Waals surface area contributed by atoms with Crippen molar-refractivity contribution in [2.45, 2.75) is 39.5 Å². The number of rotatable bonds is 8. The third kappa shape index (κ3) is 6.66. The molecule has 0 N–H and O–H groups in total. The van der Waals surface area contributed by atoms with Crippen LogP contribution in [-0.4, -0.2) is 8.80 Å². The van der Waals surface area contributed by atoms with Crippen LogP contribution in [0.15, 0.2) is 251 Å². The molecule has 406 valence electrons. The second-order valence-electron chi connectivity index (χ2n) is 24.5. The van der Waals surface area contributed by atoms with Crippen molar-refractivity contribution < 1.29 is 8.83 Å². The zero-order valence-electron chi connectivity index (χ0n) is 47.9. The highest BCUT2D eigenvalue weighted by atomic mass is 16.3. The van der Waals surface area contributed by atoms with E-state index in [9.17, 15) is 0 Å². The molecule has 0 fully saturated rings. The van der Waals surface area contributed by atoms with Gasteiger partial charge in [-0.3, -0.25) is 0 Å². The van der Waals surface area contributed by atoms with Gasteiger partial charge in [0.15, 0.2) is 0 Å². The van der Waals surface area contributed by atoms with Crippen molar-refractivity contribution in [1.29, 1.82) is 0 Å². The maximum Gasteiger partial charge on any atom is 0.136 e. The van der Waals surface area contributed by atoms with Gasteiger partial charge in [-0.25, -0.2) is 0 Å². The molecule has 0 radical (unpaired) electrons. The standard InChI is InChI=1S/C80H54N4O2/c1-45(2)47-19-25-53(26-20-47)81(57-31-33-73-65(41-57)63-15-9-13-61-59-11-5-7-17-71(59)83(73)79(61)63)55-29-23-49-37-67-69-43-78-70(44-77(69)85-75(67)39-51(49)35-55)68-38-50-24-30-56(36-52(50)40-76(68)86-78)82(54-27-21-48(22-28-54)46(3)4)58-32-34-74-66(42-58)64-16-10-14-62-60-12-6-8-18-72(60)84(74)80(62)64/h5-46H,1-4H3. The number of para-hydroxylation sites is 4. The molecule has 6 nitrogen and oxygen atoms in total. The van der Waals surface area contributed by atoms with E-state index in [-0.39, 0.29) is 0 Å². The smallest absolute Gasteiger partial charge is 0.136 e. The number of anilines is 6. The SMILES string of the molecule is CC(C)c1ccc(N(c2ccc3cc4c(cc3c2)oc2cc3c(cc24)oc2cc4cc(N(c5ccc(C(C)C)cc5)c5ccc6c(c5)c5cccc7c8ccccc8n6c75)ccc4cc23)c2ccc3c(c2)c2cccc4c5ccccc5n3c42)cc1. The van der Waals surface area contributed by atoms with Crippen LogP contribution >= 0.6 is 0 Å². The van der Waals surface area contributed by atoms with E-state index < -0.39 is 0 Å². The summed E-state index contributed by atoms with van der Waals surface area (Å²) in [7, 11) is 0. The Morgan fingerprint density at radius 3 is 1.02 bits per heavy atom. The molecule has 6 heterocycles. The summed E-state index contributed by atoms with van der Waals surface area (Å²) in [6.45, 7) is 9.01. The minimum atomic E-state index is 0.429. The largest absolute Gasteiger partial charge is 0.456 e. The summed E-state index contributed by atoms with van der Waals surface area (Å²) in [5.41, 5.74) is 20.0. The van der Waals surface area contributed by atoms with Crippen LogP contribution in [0.25, 0.3) is 142 Å². The highest BCUT2D eigenvalue weighted by molar-refractivity contribution is 6.26. The molecule has 0 unspecified atom stereocenters. The van der Waals surface area contributed by atoms with E-state index in [0.29, 0.717) is 11.8 Å². The monoisotopic (exact) mass is 1100 g/mol. The number of aromatic nitrogens is 2. The number of fused-ring (bicyclic) bond motifs is 20. The molecule has 0 amide bonds. The predicted octanol–water partition coefficient (Wildman–Crippen LogP) is 23.3. The fraction of sp³-hybridized carbons (Fsp3) is 0.0750. The highest BCUT2D eigenvalue weighted by Gasteiger charge is 2.24. The molecule has 6 aromatic heterocycles. The molecule has 6 heteroatoms. The first kappa shape index (κ1) is 47.6. The minimum Gasteiger partial charge on any atom is -0.456 e. The molecule has 0 bridgehead atoms. The number of furan rings is 2. The Kier molecular flexibility index (Phi) is 9.63. The van der Waals surface area contributed by atoms with Gasteiger partial charge in [-0.2, -0.15) is 0 Å². The van der Waals surface area contributed by atoms with Crippen molar-refractivity contribution in [2.24, 2.45) is 0 Å². The van der Waals surface area contributed by atoms with Crippen LogP contribution in [0.1, 0.15) is 50.7 Å². The van der Waals surface area contributed by atoms with Crippen LogP contribution in [-0.2, 0) is 0 Å². The van der Waals surface area contributed by atoms with Crippen LogP contribution in [0.5, 0.6) is 0 Å². The number of hydrogen-bond acceptors (Lipinski definition) is 4. The average Bonchev–Trinajstić information content (AvgIpc) is 1.69. The molecule has 0 atom stereocenters. The molecule has 13 aromatic carbocycles. The van der Waals surface area contributed by atoms with Crippen molar-refractivity contribution in [2.75, 3.05) is 9.80 Å². The average molecular weight is 1100 g/mol. The lowest BCUT2D eigenvalue weighted by molar-refractivity contribution is 0.664. The van der Waals surface area contributed by atoms with Crippen molar-refractivity contribution in [3.63, 3.8) is 0 Å². The van der Waals surface area contributed by atoms with Gasteiger partial charge in [-0.05, 0) is 178 Å². The number of hydrogen-bond donors (Lipinski definition) is 0. The van der Waals surface area contributed by atoms with Gasteiger partial charge in [0.1, 0.15) is 22.3 Å². The van der Waals surface area contributed by atoms with E-state index in [0.717, 1.165) is 99.5 Å². The Hall–Kier alpha value is -10.8. The van der Waals surface area contributed by atoms with Crippen molar-refractivity contribution in [3.05, 3.63) is 254 Å². The molecule has 19 aromatic rings. The van der Waals surface area contributed by atoms with Crippen molar-refractivity contribution >= 4 is 176 Å². The normalized spacial score (nSPS) is 12.6. The predicted molar refractivity (Wildman–Crippen MR) is 363 cm³/mol. The summed E-state index contributed by atoms with van der Waals surface area (Å²) < 4.78 is 18.6. The quantitative estimate of drug-likeness (QED) is 0.152.